The lowest BCUT2D eigenvalue weighted by molar-refractivity contribution is -0.242. The van der Waals surface area contributed by atoms with Crippen molar-refractivity contribution in [3.05, 3.63) is 23.3 Å². The lowest BCUT2D eigenvalue weighted by atomic mass is 9.39. The molecule has 4 nitrogen and oxygen atoms in total. The van der Waals surface area contributed by atoms with Crippen LogP contribution >= 0.6 is 0 Å². The third kappa shape index (κ3) is 3.34. The summed E-state index contributed by atoms with van der Waals surface area (Å²) >= 11 is 0. The first-order valence-electron chi connectivity index (χ1n) is 13.7. The maximum Gasteiger partial charge on any atom is 0.330 e. The zero-order valence-corrected chi connectivity index (χ0v) is 22.6. The first-order valence-corrected chi connectivity index (χ1v) is 13.7. The molecule has 0 aromatic rings. The number of carboxylic acid groups (broad SMARTS) is 1. The number of aliphatic carboxylic acids is 1. The Hall–Kier alpha value is -1.13. The normalized spacial score (nSPS) is 46.7. The van der Waals surface area contributed by atoms with E-state index >= 15 is 0 Å². The second-order valence-electron chi connectivity index (χ2n) is 13.7. The number of hydrogen-bond acceptors (Lipinski definition) is 3. The molecule has 4 aliphatic rings. The molecular weight excluding hydrogens is 424 g/mol. The number of allylic oxidation sites excluding steroid dienone is 2. The van der Waals surface area contributed by atoms with Crippen LogP contribution in [-0.4, -0.2) is 33.0 Å². The molecule has 0 spiro atoms. The fourth-order valence-electron chi connectivity index (χ4n) is 9.29. The molecule has 0 radical (unpaired) electrons. The van der Waals surface area contributed by atoms with Gasteiger partial charge in [0, 0.05) is 16.9 Å². The summed E-state index contributed by atoms with van der Waals surface area (Å²) in [6, 6.07) is 0. The molecule has 0 aromatic carbocycles. The highest BCUT2D eigenvalue weighted by Crippen LogP contribution is 2.72. The first-order chi connectivity index (χ1) is 15.6. The number of carbonyl (C=O) groups is 1. The highest BCUT2D eigenvalue weighted by molar-refractivity contribution is 5.85. The van der Waals surface area contributed by atoms with E-state index in [2.05, 4.69) is 47.6 Å². The molecule has 192 valence electrons. The Morgan fingerprint density at radius 2 is 1.79 bits per heavy atom. The van der Waals surface area contributed by atoms with Crippen molar-refractivity contribution in [2.24, 2.45) is 39.4 Å². The second-order valence-corrected chi connectivity index (χ2v) is 13.7. The highest BCUT2D eigenvalue weighted by atomic mass is 16.4. The summed E-state index contributed by atoms with van der Waals surface area (Å²) < 4.78 is 0. The molecule has 0 aromatic heterocycles. The third-order valence-corrected chi connectivity index (χ3v) is 12.3. The Morgan fingerprint density at radius 1 is 1.12 bits per heavy atom. The van der Waals surface area contributed by atoms with Crippen molar-refractivity contribution in [3.8, 4) is 0 Å². The predicted octanol–water partition coefficient (Wildman–Crippen LogP) is 6.51. The van der Waals surface area contributed by atoms with E-state index in [0.29, 0.717) is 17.4 Å². The molecule has 0 aliphatic heterocycles. The van der Waals surface area contributed by atoms with Crippen LogP contribution in [0.3, 0.4) is 0 Å². The number of fused-ring (bicyclic) bond motifs is 5. The highest BCUT2D eigenvalue weighted by Gasteiger charge is 2.69. The quantitative estimate of drug-likeness (QED) is 0.315. The predicted molar refractivity (Wildman–Crippen MR) is 136 cm³/mol. The smallest absolute Gasteiger partial charge is 0.330 e. The van der Waals surface area contributed by atoms with E-state index < -0.39 is 11.6 Å². The summed E-state index contributed by atoms with van der Waals surface area (Å²) in [5.41, 5.74) is 1.09. The summed E-state index contributed by atoms with van der Waals surface area (Å²) in [5.74, 6) is 0.184. The van der Waals surface area contributed by atoms with Crippen LogP contribution in [-0.2, 0) is 4.79 Å². The molecule has 3 N–H and O–H groups in total. The van der Waals surface area contributed by atoms with E-state index in [0.717, 1.165) is 57.8 Å². The lowest BCUT2D eigenvalue weighted by Gasteiger charge is -2.68. The zero-order chi connectivity index (χ0) is 25.3. The van der Waals surface area contributed by atoms with Crippen molar-refractivity contribution in [3.63, 3.8) is 0 Å². The molecule has 3 fully saturated rings. The van der Waals surface area contributed by atoms with Crippen LogP contribution in [0.5, 0.6) is 0 Å². The molecule has 3 saturated carbocycles. The summed E-state index contributed by atoms with van der Waals surface area (Å²) in [4.78, 5) is 11.2. The Balaban J connectivity index is 1.59. The van der Waals surface area contributed by atoms with Crippen molar-refractivity contribution in [2.45, 2.75) is 118 Å². The Bertz CT molecular complexity index is 901. The van der Waals surface area contributed by atoms with Gasteiger partial charge in [-0.15, -0.1) is 0 Å². The van der Waals surface area contributed by atoms with Gasteiger partial charge in [-0.25, -0.2) is 4.79 Å². The van der Waals surface area contributed by atoms with Gasteiger partial charge in [-0.1, -0.05) is 59.3 Å². The Morgan fingerprint density at radius 3 is 2.44 bits per heavy atom. The lowest BCUT2D eigenvalue weighted by Crippen LogP contribution is -2.67. The van der Waals surface area contributed by atoms with Gasteiger partial charge in [-0.05, 0) is 92.8 Å². The molecule has 34 heavy (non-hydrogen) atoms. The fourth-order valence-corrected chi connectivity index (χ4v) is 9.29. The van der Waals surface area contributed by atoms with E-state index in [-0.39, 0.29) is 33.7 Å². The molecule has 0 unspecified atom stereocenters. The average molecular weight is 473 g/mol. The van der Waals surface area contributed by atoms with Gasteiger partial charge in [-0.2, -0.15) is 0 Å². The van der Waals surface area contributed by atoms with Crippen molar-refractivity contribution in [1.82, 2.24) is 0 Å². The van der Waals surface area contributed by atoms with Crippen molar-refractivity contribution in [1.29, 1.82) is 0 Å². The van der Waals surface area contributed by atoms with Gasteiger partial charge in [0.25, 0.3) is 0 Å². The molecule has 4 rings (SSSR count). The van der Waals surface area contributed by atoms with Crippen LogP contribution in [0.15, 0.2) is 23.3 Å². The summed E-state index contributed by atoms with van der Waals surface area (Å²) in [6.45, 7) is 15.7. The van der Waals surface area contributed by atoms with Gasteiger partial charge < -0.3 is 15.3 Å². The van der Waals surface area contributed by atoms with Gasteiger partial charge in [0.2, 0.25) is 0 Å². The molecule has 0 amide bonds. The van der Waals surface area contributed by atoms with E-state index in [1.54, 1.807) is 6.92 Å². The van der Waals surface area contributed by atoms with Gasteiger partial charge in [0.15, 0.2) is 0 Å². The van der Waals surface area contributed by atoms with Crippen molar-refractivity contribution in [2.75, 3.05) is 0 Å². The molecule has 8 atom stereocenters. The SMILES string of the molecule is CC(=CCC[C@@H](C)[C@]1(C)CC=C2[C@@H]3CC[C@H]4C(C)(C)[C@@H](O)CC[C@]4(C)[C@@]3(O)CC[C@]21C)C(=O)O. The van der Waals surface area contributed by atoms with Gasteiger partial charge in [0.05, 0.1) is 11.7 Å². The molecule has 0 heterocycles. The molecule has 4 aliphatic carbocycles. The number of carboxylic acids is 1. The summed E-state index contributed by atoms with van der Waals surface area (Å²) in [6.07, 6.45) is 12.5. The Labute approximate surface area is 206 Å². The molecular formula is C30H48O4. The van der Waals surface area contributed by atoms with Crippen LogP contribution < -0.4 is 0 Å². The van der Waals surface area contributed by atoms with Gasteiger partial charge in [0.1, 0.15) is 0 Å². The third-order valence-electron chi connectivity index (χ3n) is 12.3. The fraction of sp³-hybridized carbons (Fsp3) is 0.833. The van der Waals surface area contributed by atoms with Crippen LogP contribution in [0.1, 0.15) is 106 Å². The second kappa shape index (κ2) is 8.20. The zero-order valence-electron chi connectivity index (χ0n) is 22.6. The van der Waals surface area contributed by atoms with Gasteiger partial charge in [-0.3, -0.25) is 0 Å². The average Bonchev–Trinajstić information content (AvgIpc) is 3.04. The monoisotopic (exact) mass is 472 g/mol. The van der Waals surface area contributed by atoms with Crippen LogP contribution in [0.2, 0.25) is 0 Å². The maximum absolute atomic E-state index is 12.5. The van der Waals surface area contributed by atoms with E-state index in [1.807, 2.05) is 6.08 Å². The number of aliphatic hydroxyl groups excluding tert-OH is 1. The summed E-state index contributed by atoms with van der Waals surface area (Å²) in [5, 5.41) is 32.5. The molecule has 0 bridgehead atoms. The number of rotatable bonds is 5. The van der Waals surface area contributed by atoms with Crippen LogP contribution in [0, 0.1) is 39.4 Å². The minimum atomic E-state index is -0.829. The standard InChI is InChI=1S/C30H48O4/c1-19(25(32)33)9-8-10-20(2)27(5)15-13-21-22-11-12-23-26(3,4)24(31)14-16-29(23,7)30(22,34)18-17-28(21,27)6/h9,13,20,22-24,31,34H,8,10-12,14-18H2,1-7H3,(H,32,33)/t20-,22+,23+,24+,27+,28-,29+,30-/m1/s1. The number of hydrogen-bond donors (Lipinski definition) is 3. The molecule has 0 saturated heterocycles. The Kier molecular flexibility index (Phi) is 6.26. The van der Waals surface area contributed by atoms with Gasteiger partial charge >= 0.3 is 5.97 Å². The minimum absolute atomic E-state index is 0.0712. The topological polar surface area (TPSA) is 77.8 Å². The van der Waals surface area contributed by atoms with Crippen LogP contribution in [0.25, 0.3) is 0 Å². The number of aliphatic hydroxyl groups is 2. The van der Waals surface area contributed by atoms with E-state index in [4.69, 9.17) is 0 Å². The van der Waals surface area contributed by atoms with Crippen molar-refractivity contribution >= 4 is 5.97 Å². The molecule has 4 heteroatoms. The largest absolute Gasteiger partial charge is 0.478 e. The minimum Gasteiger partial charge on any atom is -0.478 e. The maximum atomic E-state index is 12.5. The summed E-state index contributed by atoms with van der Waals surface area (Å²) in [7, 11) is 0. The van der Waals surface area contributed by atoms with Crippen molar-refractivity contribution < 1.29 is 20.1 Å². The first kappa shape index (κ1) is 25.9. The van der Waals surface area contributed by atoms with Crippen LogP contribution in [0.4, 0.5) is 0 Å². The van der Waals surface area contributed by atoms with E-state index in [1.165, 1.54) is 5.57 Å². The van der Waals surface area contributed by atoms with E-state index in [9.17, 15) is 20.1 Å².